The van der Waals surface area contributed by atoms with E-state index >= 15 is 0 Å². The van der Waals surface area contributed by atoms with Crippen molar-refractivity contribution < 1.29 is 9.53 Å². The first-order chi connectivity index (χ1) is 12.6. The average Bonchev–Trinajstić information content (AvgIpc) is 3.10. The van der Waals surface area contributed by atoms with Crippen LogP contribution < -0.4 is 15.8 Å². The Hall–Kier alpha value is -2.39. The number of carbonyl (C=O) groups excluding carboxylic acids is 1. The molecule has 26 heavy (non-hydrogen) atoms. The van der Waals surface area contributed by atoms with Gasteiger partial charge in [0.15, 0.2) is 0 Å². The van der Waals surface area contributed by atoms with Crippen molar-refractivity contribution in [1.82, 2.24) is 25.3 Å². The topological polar surface area (TPSA) is 96.6 Å². The largest absolute Gasteiger partial charge is 0.492 e. The zero-order valence-electron chi connectivity index (χ0n) is 14.8. The molecule has 0 aliphatic carbocycles. The summed E-state index contributed by atoms with van der Waals surface area (Å²) < 4.78 is 5.73. The quantitative estimate of drug-likeness (QED) is 0.795. The predicted molar refractivity (Wildman–Crippen MR) is 101 cm³/mol. The summed E-state index contributed by atoms with van der Waals surface area (Å²) in [5, 5.41) is 11.8. The Bertz CT molecular complexity index is 702. The molecule has 2 heterocycles. The van der Waals surface area contributed by atoms with E-state index in [1.54, 1.807) is 0 Å². The molecule has 8 nitrogen and oxygen atoms in total. The predicted octanol–water partition coefficient (Wildman–Crippen LogP) is 1.59. The number of amides is 2. The van der Waals surface area contributed by atoms with E-state index in [0.717, 1.165) is 25.4 Å². The van der Waals surface area contributed by atoms with Gasteiger partial charge in [-0.25, -0.2) is 4.79 Å². The molecule has 1 fully saturated rings. The van der Waals surface area contributed by atoms with Gasteiger partial charge < -0.3 is 20.7 Å². The van der Waals surface area contributed by atoms with E-state index in [1.165, 1.54) is 11.3 Å². The Kier molecular flexibility index (Phi) is 6.24. The van der Waals surface area contributed by atoms with Crippen LogP contribution >= 0.6 is 11.3 Å². The number of anilines is 1. The van der Waals surface area contributed by atoms with Gasteiger partial charge in [-0.15, -0.1) is 10.2 Å². The molecule has 0 radical (unpaired) electrons. The highest BCUT2D eigenvalue weighted by Gasteiger charge is 2.23. The third-order valence-electron chi connectivity index (χ3n) is 4.25. The van der Waals surface area contributed by atoms with Gasteiger partial charge in [0.25, 0.3) is 0 Å². The second-order valence-electron chi connectivity index (χ2n) is 6.14. The maximum absolute atomic E-state index is 12.4. The average molecular weight is 376 g/mol. The summed E-state index contributed by atoms with van der Waals surface area (Å²) in [5.74, 6) is 0.886. The highest BCUT2D eigenvalue weighted by Crippen LogP contribution is 2.19. The number of benzene rings is 1. The van der Waals surface area contributed by atoms with Crippen LogP contribution in [0.2, 0.25) is 0 Å². The van der Waals surface area contributed by atoms with E-state index in [4.69, 9.17) is 10.5 Å². The van der Waals surface area contributed by atoms with Gasteiger partial charge in [0.2, 0.25) is 5.13 Å². The second kappa shape index (κ2) is 8.81. The van der Waals surface area contributed by atoms with E-state index in [-0.39, 0.29) is 12.1 Å². The Balaban J connectivity index is 1.37. The van der Waals surface area contributed by atoms with Crippen LogP contribution in [0, 0.1) is 0 Å². The Morgan fingerprint density at radius 2 is 2.00 bits per heavy atom. The molecule has 0 unspecified atom stereocenters. The number of urea groups is 1. The fraction of sp³-hybridized carbons (Fsp3) is 0.471. The number of rotatable bonds is 6. The zero-order chi connectivity index (χ0) is 18.4. The molecule has 0 spiro atoms. The monoisotopic (exact) mass is 376 g/mol. The Morgan fingerprint density at radius 1 is 1.27 bits per heavy atom. The smallest absolute Gasteiger partial charge is 0.318 e. The van der Waals surface area contributed by atoms with Crippen LogP contribution in [-0.2, 0) is 0 Å². The lowest BCUT2D eigenvalue weighted by molar-refractivity contribution is 0.125. The molecule has 140 valence electrons. The van der Waals surface area contributed by atoms with Crippen molar-refractivity contribution in [3.05, 3.63) is 35.3 Å². The molecule has 3 N–H and O–H groups in total. The maximum atomic E-state index is 12.4. The number of hydrogen-bond donors (Lipinski definition) is 2. The van der Waals surface area contributed by atoms with Gasteiger partial charge in [-0.05, 0) is 19.1 Å². The van der Waals surface area contributed by atoms with Crippen LogP contribution in [0.4, 0.5) is 9.93 Å². The number of nitrogen functional groups attached to an aromatic ring is 1. The van der Waals surface area contributed by atoms with Gasteiger partial charge in [-0.2, -0.15) is 0 Å². The summed E-state index contributed by atoms with van der Waals surface area (Å²) in [4.78, 5) is 16.5. The van der Waals surface area contributed by atoms with Crippen molar-refractivity contribution in [3.63, 3.8) is 0 Å². The molecule has 3 rings (SSSR count). The molecular formula is C17H24N6O2S. The summed E-state index contributed by atoms with van der Waals surface area (Å²) in [6.07, 6.45) is 0. The number of piperazine rings is 1. The van der Waals surface area contributed by atoms with Crippen LogP contribution in [0.5, 0.6) is 5.75 Å². The lowest BCUT2D eigenvalue weighted by atomic mass is 10.3. The van der Waals surface area contributed by atoms with Crippen molar-refractivity contribution >= 4 is 22.5 Å². The van der Waals surface area contributed by atoms with Gasteiger partial charge in [0, 0.05) is 32.7 Å². The minimum atomic E-state index is -0.199. The van der Waals surface area contributed by atoms with E-state index in [1.807, 2.05) is 42.2 Å². The van der Waals surface area contributed by atoms with Gasteiger partial charge in [0.1, 0.15) is 17.4 Å². The molecule has 1 aliphatic rings. The third kappa shape index (κ3) is 5.06. The summed E-state index contributed by atoms with van der Waals surface area (Å²) in [5.41, 5.74) is 5.59. The Morgan fingerprint density at radius 3 is 2.65 bits per heavy atom. The summed E-state index contributed by atoms with van der Waals surface area (Å²) >= 11 is 1.29. The molecule has 1 atom stereocenters. The van der Waals surface area contributed by atoms with Crippen LogP contribution in [0.15, 0.2) is 30.3 Å². The molecule has 9 heteroatoms. The lowest BCUT2D eigenvalue weighted by Crippen LogP contribution is -2.52. The summed E-state index contributed by atoms with van der Waals surface area (Å²) in [6.45, 7) is 6.45. The van der Waals surface area contributed by atoms with Gasteiger partial charge >= 0.3 is 6.03 Å². The molecular weight excluding hydrogens is 352 g/mol. The molecule has 0 saturated carbocycles. The minimum Gasteiger partial charge on any atom is -0.492 e. The molecule has 1 aliphatic heterocycles. The van der Waals surface area contributed by atoms with E-state index in [9.17, 15) is 4.79 Å². The lowest BCUT2D eigenvalue weighted by Gasteiger charge is -2.35. The first-order valence-electron chi connectivity index (χ1n) is 8.66. The summed E-state index contributed by atoms with van der Waals surface area (Å²) in [7, 11) is 0. The van der Waals surface area contributed by atoms with E-state index in [0.29, 0.717) is 29.8 Å². The van der Waals surface area contributed by atoms with Crippen LogP contribution in [0.1, 0.15) is 18.0 Å². The molecule has 0 bridgehead atoms. The number of nitrogens with two attached hydrogens (primary N) is 1. The van der Waals surface area contributed by atoms with Crippen molar-refractivity contribution in [2.24, 2.45) is 0 Å². The number of nitrogens with one attached hydrogen (secondary N) is 1. The third-order valence-corrected chi connectivity index (χ3v) is 5.18. The highest BCUT2D eigenvalue weighted by molar-refractivity contribution is 7.15. The van der Waals surface area contributed by atoms with Crippen LogP contribution in [-0.4, -0.2) is 65.4 Å². The van der Waals surface area contributed by atoms with Crippen molar-refractivity contribution in [3.8, 4) is 5.75 Å². The fourth-order valence-corrected chi connectivity index (χ4v) is 3.36. The minimum absolute atomic E-state index is 0.0774. The number of carbonyl (C=O) groups is 1. The Labute approximate surface area is 156 Å². The summed E-state index contributed by atoms with van der Waals surface area (Å²) in [6, 6.07) is 9.52. The van der Waals surface area contributed by atoms with Crippen molar-refractivity contribution in [1.29, 1.82) is 0 Å². The van der Waals surface area contributed by atoms with E-state index < -0.39 is 0 Å². The SMILES string of the molecule is C[C@@H](NC(=O)N1CCN(CCOc2ccccc2)CC1)c1nnc(N)s1. The zero-order valence-corrected chi connectivity index (χ0v) is 15.6. The second-order valence-corrected chi connectivity index (χ2v) is 7.18. The fourth-order valence-electron chi connectivity index (χ4n) is 2.74. The van der Waals surface area contributed by atoms with Gasteiger partial charge in [-0.1, -0.05) is 29.5 Å². The van der Waals surface area contributed by atoms with Crippen LogP contribution in [0.25, 0.3) is 0 Å². The molecule has 1 saturated heterocycles. The van der Waals surface area contributed by atoms with E-state index in [2.05, 4.69) is 20.4 Å². The molecule has 2 aromatic rings. The molecule has 2 amide bonds. The first kappa shape index (κ1) is 18.4. The van der Waals surface area contributed by atoms with Gasteiger partial charge in [-0.3, -0.25) is 4.90 Å². The van der Waals surface area contributed by atoms with Crippen molar-refractivity contribution in [2.75, 3.05) is 45.1 Å². The number of para-hydroxylation sites is 1. The standard InChI is InChI=1S/C17H24N6O2S/c1-13(15-20-21-16(18)26-15)19-17(24)23-9-7-22(8-10-23)11-12-25-14-5-3-2-4-6-14/h2-6,13H,7-12H2,1H3,(H2,18,21)(H,19,24)/t13-/m1/s1. The maximum Gasteiger partial charge on any atom is 0.318 e. The number of aromatic nitrogens is 2. The van der Waals surface area contributed by atoms with Crippen LogP contribution in [0.3, 0.4) is 0 Å². The van der Waals surface area contributed by atoms with Gasteiger partial charge in [0.05, 0.1) is 6.04 Å². The number of nitrogens with zero attached hydrogens (tertiary/aromatic N) is 4. The normalized spacial score (nSPS) is 16.3. The number of hydrogen-bond acceptors (Lipinski definition) is 7. The molecule has 1 aromatic heterocycles. The first-order valence-corrected chi connectivity index (χ1v) is 9.48. The van der Waals surface area contributed by atoms with Crippen molar-refractivity contribution in [2.45, 2.75) is 13.0 Å². The molecule has 1 aromatic carbocycles. The number of ether oxygens (including phenoxy) is 1. The highest BCUT2D eigenvalue weighted by atomic mass is 32.1.